The second-order valence-electron chi connectivity index (χ2n) is 8.46. The van der Waals surface area contributed by atoms with Crippen molar-refractivity contribution in [1.82, 2.24) is 24.8 Å². The maximum Gasteiger partial charge on any atom is 0.339 e. The van der Waals surface area contributed by atoms with Crippen LogP contribution in [0.15, 0.2) is 42.9 Å². The molecule has 0 atom stereocenters. The summed E-state index contributed by atoms with van der Waals surface area (Å²) in [7, 11) is 2.14. The molecule has 9 nitrogen and oxygen atoms in total. The first-order chi connectivity index (χ1) is 17.4. The summed E-state index contributed by atoms with van der Waals surface area (Å²) < 4.78 is 19.3. The maximum atomic E-state index is 13.7. The van der Waals surface area contributed by atoms with Gasteiger partial charge < -0.3 is 20.3 Å². The molecule has 2 aromatic heterocycles. The molecule has 1 aliphatic heterocycles. The number of halogens is 2. The lowest BCUT2D eigenvalue weighted by atomic mass is 10.1. The summed E-state index contributed by atoms with van der Waals surface area (Å²) in [6.07, 6.45) is 4.84. The molecule has 0 unspecified atom stereocenters. The summed E-state index contributed by atoms with van der Waals surface area (Å²) in [5.74, 6) is 0.276. The van der Waals surface area contributed by atoms with E-state index in [0.717, 1.165) is 32.7 Å². The molecule has 0 amide bonds. The Morgan fingerprint density at radius 2 is 1.97 bits per heavy atom. The van der Waals surface area contributed by atoms with Crippen molar-refractivity contribution in [3.05, 3.63) is 57.8 Å². The summed E-state index contributed by atoms with van der Waals surface area (Å²) >= 11 is 1.95. The van der Waals surface area contributed by atoms with E-state index in [1.54, 1.807) is 37.5 Å². The number of aromatic nitrogens is 3. The lowest BCUT2D eigenvalue weighted by Gasteiger charge is -2.32. The molecule has 0 bridgehead atoms. The summed E-state index contributed by atoms with van der Waals surface area (Å²) in [5, 5.41) is 6.58. The molecule has 3 heterocycles. The van der Waals surface area contributed by atoms with E-state index in [0.29, 0.717) is 44.3 Å². The van der Waals surface area contributed by atoms with Crippen LogP contribution in [0, 0.1) is 9.39 Å². The van der Waals surface area contributed by atoms with Crippen molar-refractivity contribution < 1.29 is 13.9 Å². The van der Waals surface area contributed by atoms with Crippen LogP contribution in [0.4, 0.5) is 21.8 Å². The normalized spacial score (nSPS) is 14.4. The number of carbonyl (C=O) groups excluding carboxylic acids is 1. The van der Waals surface area contributed by atoms with Crippen LogP contribution in [0.3, 0.4) is 0 Å². The standard InChI is InChI=1S/C25H29FIN7O2/c1-3-36-24(35)18-12-17(14-28-15-18)20-16-30-25(31-19-4-5-21(26)22(27)13-19)32-23(20)29-6-7-34-10-8-33(2)9-11-34/h4-5,12-16H,3,6-11H2,1-2H3,(H2,29,30,31,32). The maximum absolute atomic E-state index is 13.7. The Labute approximate surface area is 223 Å². The average molecular weight is 605 g/mol. The molecule has 2 N–H and O–H groups in total. The Bertz CT molecular complexity index is 1200. The van der Waals surface area contributed by atoms with Gasteiger partial charge in [-0.3, -0.25) is 9.88 Å². The number of carbonyl (C=O) groups is 1. The van der Waals surface area contributed by atoms with Crippen molar-refractivity contribution in [2.75, 3.05) is 63.6 Å². The fraction of sp³-hybridized carbons (Fsp3) is 0.360. The van der Waals surface area contributed by atoms with E-state index in [9.17, 15) is 9.18 Å². The minimum absolute atomic E-state index is 0.280. The van der Waals surface area contributed by atoms with E-state index in [1.807, 2.05) is 22.6 Å². The van der Waals surface area contributed by atoms with Gasteiger partial charge in [0.1, 0.15) is 11.6 Å². The van der Waals surface area contributed by atoms with Crippen molar-refractivity contribution in [2.45, 2.75) is 6.92 Å². The fourth-order valence-electron chi connectivity index (χ4n) is 3.81. The fourth-order valence-corrected chi connectivity index (χ4v) is 4.32. The Balaban J connectivity index is 1.57. The van der Waals surface area contributed by atoms with Gasteiger partial charge in [0, 0.05) is 74.7 Å². The third-order valence-corrected chi connectivity index (χ3v) is 6.67. The molecule has 190 valence electrons. The molecule has 0 aliphatic carbocycles. The van der Waals surface area contributed by atoms with Gasteiger partial charge in [-0.15, -0.1) is 0 Å². The van der Waals surface area contributed by atoms with Crippen LogP contribution in [0.2, 0.25) is 0 Å². The van der Waals surface area contributed by atoms with E-state index >= 15 is 0 Å². The highest BCUT2D eigenvalue weighted by Gasteiger charge is 2.16. The molecule has 0 saturated carbocycles. The van der Waals surface area contributed by atoms with Gasteiger partial charge in [-0.25, -0.2) is 14.2 Å². The zero-order valence-electron chi connectivity index (χ0n) is 20.3. The van der Waals surface area contributed by atoms with Gasteiger partial charge in [-0.1, -0.05) is 0 Å². The van der Waals surface area contributed by atoms with Crippen molar-refractivity contribution in [3.63, 3.8) is 0 Å². The van der Waals surface area contributed by atoms with Crippen LogP contribution in [0.25, 0.3) is 11.1 Å². The highest BCUT2D eigenvalue weighted by molar-refractivity contribution is 14.1. The highest BCUT2D eigenvalue weighted by Crippen LogP contribution is 2.28. The first-order valence-corrected chi connectivity index (χ1v) is 12.9. The van der Waals surface area contributed by atoms with Crippen molar-refractivity contribution in [2.24, 2.45) is 0 Å². The van der Waals surface area contributed by atoms with Crippen LogP contribution < -0.4 is 10.6 Å². The number of hydrogen-bond donors (Lipinski definition) is 2. The third-order valence-electron chi connectivity index (χ3n) is 5.84. The lowest BCUT2D eigenvalue weighted by Crippen LogP contribution is -2.45. The number of likely N-dealkylation sites (N-methyl/N-ethyl adjacent to an activating group) is 1. The Morgan fingerprint density at radius 1 is 1.17 bits per heavy atom. The number of benzene rings is 1. The number of anilines is 3. The van der Waals surface area contributed by atoms with E-state index in [1.165, 1.54) is 12.3 Å². The van der Waals surface area contributed by atoms with Crippen molar-refractivity contribution >= 4 is 46.0 Å². The smallest absolute Gasteiger partial charge is 0.339 e. The zero-order chi connectivity index (χ0) is 25.5. The minimum Gasteiger partial charge on any atom is -0.462 e. The first-order valence-electron chi connectivity index (χ1n) is 11.8. The summed E-state index contributed by atoms with van der Waals surface area (Å²) in [6.45, 7) is 7.76. The monoisotopic (exact) mass is 605 g/mol. The lowest BCUT2D eigenvalue weighted by molar-refractivity contribution is 0.0526. The molecular formula is C25H29FIN7O2. The Kier molecular flexibility index (Phi) is 8.99. The van der Waals surface area contributed by atoms with Crippen LogP contribution in [0.5, 0.6) is 0 Å². The van der Waals surface area contributed by atoms with Crippen LogP contribution in [-0.4, -0.2) is 83.6 Å². The topological polar surface area (TPSA) is 95.5 Å². The number of rotatable bonds is 9. The average Bonchev–Trinajstić information content (AvgIpc) is 2.88. The van der Waals surface area contributed by atoms with Gasteiger partial charge in [0.25, 0.3) is 0 Å². The second kappa shape index (κ2) is 12.4. The summed E-state index contributed by atoms with van der Waals surface area (Å²) in [4.78, 5) is 30.4. The number of ether oxygens (including phenoxy) is 1. The molecule has 1 aliphatic rings. The van der Waals surface area contributed by atoms with E-state index in [-0.39, 0.29) is 12.4 Å². The number of esters is 1. The van der Waals surface area contributed by atoms with Gasteiger partial charge in [-0.05, 0) is 60.8 Å². The van der Waals surface area contributed by atoms with E-state index in [4.69, 9.17) is 9.72 Å². The van der Waals surface area contributed by atoms with Crippen molar-refractivity contribution in [1.29, 1.82) is 0 Å². The number of pyridine rings is 1. The van der Waals surface area contributed by atoms with Gasteiger partial charge in [0.05, 0.1) is 15.7 Å². The molecule has 36 heavy (non-hydrogen) atoms. The molecule has 3 aromatic rings. The second-order valence-corrected chi connectivity index (χ2v) is 9.63. The number of hydrogen-bond acceptors (Lipinski definition) is 9. The SMILES string of the molecule is CCOC(=O)c1cncc(-c2cnc(Nc3ccc(F)c(I)c3)nc2NCCN2CCN(C)CC2)c1. The molecular weight excluding hydrogens is 576 g/mol. The first kappa shape index (κ1) is 26.2. The molecule has 1 fully saturated rings. The summed E-state index contributed by atoms with van der Waals surface area (Å²) in [5.41, 5.74) is 2.46. The van der Waals surface area contributed by atoms with E-state index < -0.39 is 5.97 Å². The third kappa shape index (κ3) is 6.86. The highest BCUT2D eigenvalue weighted by atomic mass is 127. The van der Waals surface area contributed by atoms with Crippen LogP contribution in [0.1, 0.15) is 17.3 Å². The zero-order valence-corrected chi connectivity index (χ0v) is 22.5. The molecule has 4 rings (SSSR count). The Hall–Kier alpha value is -2.90. The Morgan fingerprint density at radius 3 is 2.72 bits per heavy atom. The number of piperazine rings is 1. The van der Waals surface area contributed by atoms with Crippen molar-refractivity contribution in [3.8, 4) is 11.1 Å². The predicted octanol–water partition coefficient (Wildman–Crippen LogP) is 3.86. The summed E-state index contributed by atoms with van der Waals surface area (Å²) in [6, 6.07) is 6.47. The molecule has 1 aromatic carbocycles. The number of nitrogens with zero attached hydrogens (tertiary/aromatic N) is 5. The van der Waals surface area contributed by atoms with Gasteiger partial charge in [0.15, 0.2) is 0 Å². The molecule has 1 saturated heterocycles. The largest absolute Gasteiger partial charge is 0.462 e. The van der Waals surface area contributed by atoms with Crippen LogP contribution >= 0.6 is 22.6 Å². The van der Waals surface area contributed by atoms with Gasteiger partial charge in [-0.2, -0.15) is 4.98 Å². The minimum atomic E-state index is -0.429. The van der Waals surface area contributed by atoms with Gasteiger partial charge >= 0.3 is 5.97 Å². The predicted molar refractivity (Wildman–Crippen MR) is 146 cm³/mol. The van der Waals surface area contributed by atoms with E-state index in [2.05, 4.69) is 37.4 Å². The van der Waals surface area contributed by atoms with Gasteiger partial charge in [0.2, 0.25) is 5.95 Å². The molecule has 11 heteroatoms. The molecule has 0 spiro atoms. The molecule has 0 radical (unpaired) electrons. The number of nitrogens with one attached hydrogen (secondary N) is 2. The quantitative estimate of drug-likeness (QED) is 0.279. The van der Waals surface area contributed by atoms with Crippen LogP contribution in [-0.2, 0) is 4.74 Å².